The van der Waals surface area contributed by atoms with Crippen LogP contribution in [0.5, 0.6) is 5.75 Å². The van der Waals surface area contributed by atoms with Crippen molar-refractivity contribution < 1.29 is 14.3 Å². The maximum atomic E-state index is 13.0. The number of aryl methyl sites for hydroxylation is 1. The van der Waals surface area contributed by atoms with Crippen LogP contribution in [0.2, 0.25) is 0 Å². The molecule has 2 aliphatic heterocycles. The second kappa shape index (κ2) is 8.10. The van der Waals surface area contributed by atoms with Crippen molar-refractivity contribution in [2.75, 3.05) is 39.5 Å². The number of carbonyl (C=O) groups excluding carboxylic acids is 1. The minimum absolute atomic E-state index is 0.00406. The van der Waals surface area contributed by atoms with Gasteiger partial charge in [0.1, 0.15) is 18.1 Å². The SMILES string of the molecule is CCn1nccc1C(=O)N1CCOc2ccc(CN3CCOCC3)cc2C1. The van der Waals surface area contributed by atoms with E-state index in [0.29, 0.717) is 31.9 Å². The Labute approximate surface area is 159 Å². The molecule has 0 N–H and O–H groups in total. The molecule has 4 rings (SSSR count). The lowest BCUT2D eigenvalue weighted by Gasteiger charge is -2.27. The molecule has 2 aliphatic rings. The topological polar surface area (TPSA) is 59.8 Å². The third kappa shape index (κ3) is 3.99. The van der Waals surface area contributed by atoms with Crippen molar-refractivity contribution in [1.29, 1.82) is 0 Å². The van der Waals surface area contributed by atoms with E-state index in [1.54, 1.807) is 16.9 Å². The lowest BCUT2D eigenvalue weighted by atomic mass is 10.1. The summed E-state index contributed by atoms with van der Waals surface area (Å²) >= 11 is 0. The Kier molecular flexibility index (Phi) is 5.40. The van der Waals surface area contributed by atoms with Crippen LogP contribution in [0.4, 0.5) is 0 Å². The highest BCUT2D eigenvalue weighted by Crippen LogP contribution is 2.26. The molecule has 0 bridgehead atoms. The number of morpholine rings is 1. The maximum Gasteiger partial charge on any atom is 0.272 e. The molecule has 1 saturated heterocycles. The number of ether oxygens (including phenoxy) is 2. The lowest BCUT2D eigenvalue weighted by Crippen LogP contribution is -2.35. The lowest BCUT2D eigenvalue weighted by molar-refractivity contribution is 0.0341. The van der Waals surface area contributed by atoms with Gasteiger partial charge in [-0.15, -0.1) is 0 Å². The van der Waals surface area contributed by atoms with Gasteiger partial charge in [0.15, 0.2) is 0 Å². The van der Waals surface area contributed by atoms with Gasteiger partial charge in [0.05, 0.1) is 19.8 Å². The van der Waals surface area contributed by atoms with Crippen LogP contribution in [-0.4, -0.2) is 64.9 Å². The van der Waals surface area contributed by atoms with Gasteiger partial charge in [0.25, 0.3) is 5.91 Å². The molecule has 1 aromatic carbocycles. The zero-order chi connectivity index (χ0) is 18.6. The molecule has 27 heavy (non-hydrogen) atoms. The fraction of sp³-hybridized carbons (Fsp3) is 0.500. The van der Waals surface area contributed by atoms with Gasteiger partial charge in [-0.1, -0.05) is 6.07 Å². The second-order valence-electron chi connectivity index (χ2n) is 6.94. The molecule has 0 aliphatic carbocycles. The quantitative estimate of drug-likeness (QED) is 0.821. The number of nitrogens with zero attached hydrogens (tertiary/aromatic N) is 4. The summed E-state index contributed by atoms with van der Waals surface area (Å²) in [7, 11) is 0. The van der Waals surface area contributed by atoms with Crippen LogP contribution in [0.25, 0.3) is 0 Å². The van der Waals surface area contributed by atoms with Crippen LogP contribution in [0, 0.1) is 0 Å². The Morgan fingerprint density at radius 3 is 2.81 bits per heavy atom. The van der Waals surface area contributed by atoms with E-state index >= 15 is 0 Å². The van der Waals surface area contributed by atoms with E-state index in [1.807, 2.05) is 17.9 Å². The molecule has 0 radical (unpaired) electrons. The normalized spacial score (nSPS) is 17.9. The van der Waals surface area contributed by atoms with Gasteiger partial charge in [0.2, 0.25) is 0 Å². The first-order valence-corrected chi connectivity index (χ1v) is 9.60. The van der Waals surface area contributed by atoms with Crippen molar-refractivity contribution in [2.45, 2.75) is 26.6 Å². The fourth-order valence-corrected chi connectivity index (χ4v) is 3.67. The molecule has 0 unspecified atom stereocenters. The van der Waals surface area contributed by atoms with Crippen molar-refractivity contribution in [3.05, 3.63) is 47.3 Å². The van der Waals surface area contributed by atoms with E-state index < -0.39 is 0 Å². The predicted octanol–water partition coefficient (Wildman–Crippen LogP) is 1.77. The summed E-state index contributed by atoms with van der Waals surface area (Å²) in [4.78, 5) is 17.2. The van der Waals surface area contributed by atoms with Gasteiger partial charge >= 0.3 is 0 Å². The zero-order valence-electron chi connectivity index (χ0n) is 15.8. The van der Waals surface area contributed by atoms with Gasteiger partial charge < -0.3 is 14.4 Å². The highest BCUT2D eigenvalue weighted by atomic mass is 16.5. The largest absolute Gasteiger partial charge is 0.491 e. The first kappa shape index (κ1) is 18.0. The number of benzene rings is 1. The van der Waals surface area contributed by atoms with Crippen LogP contribution in [0.15, 0.2) is 30.5 Å². The van der Waals surface area contributed by atoms with Crippen LogP contribution < -0.4 is 4.74 Å². The van der Waals surface area contributed by atoms with Gasteiger partial charge in [-0.2, -0.15) is 5.10 Å². The van der Waals surface area contributed by atoms with E-state index in [9.17, 15) is 4.79 Å². The summed E-state index contributed by atoms with van der Waals surface area (Å²) in [5, 5.41) is 4.22. The minimum Gasteiger partial charge on any atom is -0.491 e. The Balaban J connectivity index is 1.51. The molecule has 1 amide bonds. The molecule has 2 aromatic rings. The molecule has 3 heterocycles. The first-order chi connectivity index (χ1) is 13.2. The van der Waals surface area contributed by atoms with Crippen molar-refractivity contribution >= 4 is 5.91 Å². The number of aromatic nitrogens is 2. The molecule has 0 spiro atoms. The maximum absolute atomic E-state index is 13.0. The van der Waals surface area contributed by atoms with Gasteiger partial charge in [-0.25, -0.2) is 0 Å². The molecule has 1 fully saturated rings. The summed E-state index contributed by atoms with van der Waals surface area (Å²) in [6.07, 6.45) is 1.68. The fourth-order valence-electron chi connectivity index (χ4n) is 3.67. The van der Waals surface area contributed by atoms with Crippen LogP contribution in [0.1, 0.15) is 28.5 Å². The Morgan fingerprint density at radius 1 is 1.15 bits per heavy atom. The number of rotatable bonds is 4. The van der Waals surface area contributed by atoms with Crippen LogP contribution >= 0.6 is 0 Å². The Hall–Kier alpha value is -2.38. The van der Waals surface area contributed by atoms with Crippen molar-refractivity contribution in [3.8, 4) is 5.75 Å². The third-order valence-corrected chi connectivity index (χ3v) is 5.14. The molecule has 7 heteroatoms. The van der Waals surface area contributed by atoms with Crippen LogP contribution in [0.3, 0.4) is 0 Å². The molecule has 7 nitrogen and oxygen atoms in total. The number of hydrogen-bond donors (Lipinski definition) is 0. The molecule has 0 atom stereocenters. The number of carbonyl (C=O) groups is 1. The summed E-state index contributed by atoms with van der Waals surface area (Å²) in [5.74, 6) is 0.879. The Morgan fingerprint density at radius 2 is 2.00 bits per heavy atom. The zero-order valence-corrected chi connectivity index (χ0v) is 15.8. The number of amides is 1. The molecular weight excluding hydrogens is 344 g/mol. The van der Waals surface area contributed by atoms with E-state index in [-0.39, 0.29) is 5.91 Å². The molecule has 0 saturated carbocycles. The summed E-state index contributed by atoms with van der Waals surface area (Å²) < 4.78 is 13.1. The van der Waals surface area contributed by atoms with Crippen molar-refractivity contribution in [1.82, 2.24) is 19.6 Å². The monoisotopic (exact) mass is 370 g/mol. The molecular formula is C20H26N4O3. The molecule has 1 aromatic heterocycles. The highest BCUT2D eigenvalue weighted by Gasteiger charge is 2.24. The minimum atomic E-state index is 0.00406. The first-order valence-electron chi connectivity index (χ1n) is 9.60. The van der Waals surface area contributed by atoms with E-state index in [2.05, 4.69) is 22.1 Å². The Bertz CT molecular complexity index is 798. The van der Waals surface area contributed by atoms with E-state index in [1.165, 1.54) is 5.56 Å². The highest BCUT2D eigenvalue weighted by molar-refractivity contribution is 5.92. The average molecular weight is 370 g/mol. The summed E-state index contributed by atoms with van der Waals surface area (Å²) in [6, 6.07) is 8.12. The van der Waals surface area contributed by atoms with Crippen molar-refractivity contribution in [2.24, 2.45) is 0 Å². The third-order valence-electron chi connectivity index (χ3n) is 5.14. The summed E-state index contributed by atoms with van der Waals surface area (Å²) in [6.45, 7) is 8.69. The van der Waals surface area contributed by atoms with E-state index in [0.717, 1.165) is 44.2 Å². The van der Waals surface area contributed by atoms with Crippen molar-refractivity contribution in [3.63, 3.8) is 0 Å². The van der Waals surface area contributed by atoms with Gasteiger partial charge in [-0.05, 0) is 30.7 Å². The summed E-state index contributed by atoms with van der Waals surface area (Å²) in [5.41, 5.74) is 2.94. The van der Waals surface area contributed by atoms with Gasteiger partial charge in [0, 0.05) is 44.5 Å². The smallest absolute Gasteiger partial charge is 0.272 e. The van der Waals surface area contributed by atoms with Gasteiger partial charge in [-0.3, -0.25) is 14.4 Å². The molecule has 144 valence electrons. The predicted molar refractivity (Wildman–Crippen MR) is 101 cm³/mol. The second-order valence-corrected chi connectivity index (χ2v) is 6.94. The average Bonchev–Trinajstić information content (AvgIpc) is 3.07. The number of hydrogen-bond acceptors (Lipinski definition) is 5. The van der Waals surface area contributed by atoms with E-state index in [4.69, 9.17) is 9.47 Å². The standard InChI is InChI=1S/C20H26N4O3/c1-2-24-18(5-6-21-24)20(25)23-9-12-27-19-4-3-16(13-17(19)15-23)14-22-7-10-26-11-8-22/h3-6,13H,2,7-12,14-15H2,1H3. The van der Waals surface area contributed by atoms with Crippen LogP contribution in [-0.2, 0) is 24.4 Å². The number of fused-ring (bicyclic) bond motifs is 1.